The number of thioether (sulfide) groups is 1. The minimum absolute atomic E-state index is 0.00105. The van der Waals surface area contributed by atoms with Crippen molar-refractivity contribution in [3.05, 3.63) is 34.8 Å². The Morgan fingerprint density at radius 1 is 1.54 bits per heavy atom. The number of Topliss-reactive ketones (excluding diaryl/α,β-unsaturated/α-hetero) is 1. The summed E-state index contributed by atoms with van der Waals surface area (Å²) in [4.78, 5) is 25.2. The van der Waals surface area contributed by atoms with Crippen LogP contribution in [0.3, 0.4) is 0 Å². The van der Waals surface area contributed by atoms with Gasteiger partial charge in [0.05, 0.1) is 17.2 Å². The molecule has 2 rings (SSSR count). The van der Waals surface area contributed by atoms with Crippen molar-refractivity contribution in [3.63, 3.8) is 0 Å². The zero-order valence-corrected chi connectivity index (χ0v) is 15.4. The number of hydrogen-bond donors (Lipinski definition) is 0. The lowest BCUT2D eigenvalue weighted by Gasteiger charge is -2.13. The largest absolute Gasteiger partial charge is 0.457 e. The summed E-state index contributed by atoms with van der Waals surface area (Å²) in [5.41, 5.74) is 1.32. The van der Waals surface area contributed by atoms with Gasteiger partial charge in [0.15, 0.2) is 5.78 Å². The second kappa shape index (κ2) is 6.98. The summed E-state index contributed by atoms with van der Waals surface area (Å²) in [5, 5.41) is 9.06. The van der Waals surface area contributed by atoms with Crippen molar-refractivity contribution >= 4 is 23.5 Å². The van der Waals surface area contributed by atoms with Crippen LogP contribution >= 0.6 is 11.8 Å². The van der Waals surface area contributed by atoms with Crippen LogP contribution in [0, 0.1) is 28.6 Å². The fourth-order valence-corrected chi connectivity index (χ4v) is 3.75. The van der Waals surface area contributed by atoms with Crippen molar-refractivity contribution in [1.29, 1.82) is 5.26 Å². The first kappa shape index (κ1) is 18.5. The minimum atomic E-state index is -0.461. The second-order valence-corrected chi connectivity index (χ2v) is 7.73. The van der Waals surface area contributed by atoms with Crippen LogP contribution in [0.1, 0.15) is 33.6 Å². The van der Waals surface area contributed by atoms with Crippen molar-refractivity contribution in [2.45, 2.75) is 39.7 Å². The van der Waals surface area contributed by atoms with Crippen LogP contribution in [0.25, 0.3) is 0 Å². The Morgan fingerprint density at radius 2 is 2.21 bits per heavy atom. The van der Waals surface area contributed by atoms with Gasteiger partial charge in [-0.3, -0.25) is 9.59 Å². The summed E-state index contributed by atoms with van der Waals surface area (Å²) in [6.07, 6.45) is 5.68. The van der Waals surface area contributed by atoms with Crippen LogP contribution in [0.5, 0.6) is 0 Å². The van der Waals surface area contributed by atoms with Gasteiger partial charge in [-0.25, -0.2) is 0 Å². The third-order valence-corrected chi connectivity index (χ3v) is 5.77. The highest BCUT2D eigenvalue weighted by molar-refractivity contribution is 8.02. The molecule has 0 heterocycles. The van der Waals surface area contributed by atoms with Gasteiger partial charge < -0.3 is 4.74 Å². The fraction of sp³-hybridized carbons (Fsp3) is 0.526. The van der Waals surface area contributed by atoms with E-state index in [0.717, 1.165) is 5.57 Å². The Bertz CT molecular complexity index is 681. The molecule has 0 radical (unpaired) electrons. The van der Waals surface area contributed by atoms with Gasteiger partial charge in [-0.1, -0.05) is 26.0 Å². The Kier molecular flexibility index (Phi) is 5.39. The molecule has 0 saturated heterocycles. The first-order valence-electron chi connectivity index (χ1n) is 7.98. The molecule has 4 nitrogen and oxygen atoms in total. The van der Waals surface area contributed by atoms with Crippen LogP contribution in [-0.4, -0.2) is 24.1 Å². The molecule has 3 atom stereocenters. The molecule has 0 aliphatic heterocycles. The van der Waals surface area contributed by atoms with E-state index in [-0.39, 0.29) is 35.4 Å². The summed E-state index contributed by atoms with van der Waals surface area (Å²) in [6.45, 7) is 9.51. The van der Waals surface area contributed by atoms with Gasteiger partial charge in [0.2, 0.25) is 0 Å². The van der Waals surface area contributed by atoms with Crippen molar-refractivity contribution in [3.8, 4) is 6.07 Å². The Labute approximate surface area is 147 Å². The van der Waals surface area contributed by atoms with E-state index in [0.29, 0.717) is 16.9 Å². The molecule has 1 saturated carbocycles. The number of carbonyl (C=O) groups is 2. The molecule has 5 heteroatoms. The van der Waals surface area contributed by atoms with Crippen LogP contribution in [0.15, 0.2) is 34.8 Å². The molecule has 0 aromatic rings. The van der Waals surface area contributed by atoms with Crippen molar-refractivity contribution < 1.29 is 14.3 Å². The highest BCUT2D eigenvalue weighted by atomic mass is 32.2. The van der Waals surface area contributed by atoms with Gasteiger partial charge in [-0.2, -0.15) is 5.26 Å². The van der Waals surface area contributed by atoms with E-state index in [9.17, 15) is 9.59 Å². The third kappa shape index (κ3) is 3.34. The number of esters is 1. The van der Waals surface area contributed by atoms with Crippen LogP contribution in [0.2, 0.25) is 0 Å². The molecule has 0 bridgehead atoms. The minimum Gasteiger partial charge on any atom is -0.457 e. The van der Waals surface area contributed by atoms with Gasteiger partial charge in [0, 0.05) is 5.57 Å². The maximum atomic E-state index is 12.6. The Balaban J connectivity index is 2.09. The molecule has 24 heavy (non-hydrogen) atoms. The zero-order chi connectivity index (χ0) is 18.1. The van der Waals surface area contributed by atoms with E-state index in [4.69, 9.17) is 10.00 Å². The van der Waals surface area contributed by atoms with E-state index >= 15 is 0 Å². The highest BCUT2D eigenvalue weighted by Crippen LogP contribution is 2.60. The van der Waals surface area contributed by atoms with E-state index in [1.807, 2.05) is 33.1 Å². The standard InChI is InChI=1S/C19H23NO3S/c1-6-7-13-11(2)16(9-15(13)21)23-18(22)17-14(19(17,3)4)8-12(10-20)24-5/h6,8,14,16-17H,1,7,9H2,2-5H3/b12-8+/t14-,16+,17?/m1/s1. The van der Waals surface area contributed by atoms with Crippen molar-refractivity contribution in [2.75, 3.05) is 6.26 Å². The van der Waals surface area contributed by atoms with E-state index < -0.39 is 6.10 Å². The smallest absolute Gasteiger partial charge is 0.310 e. The summed E-state index contributed by atoms with van der Waals surface area (Å²) < 4.78 is 5.64. The molecule has 1 fully saturated rings. The lowest BCUT2D eigenvalue weighted by atomic mass is 10.1. The fourth-order valence-electron chi connectivity index (χ4n) is 3.37. The average Bonchev–Trinajstić information content (AvgIpc) is 2.98. The van der Waals surface area contributed by atoms with Crippen LogP contribution in [0.4, 0.5) is 0 Å². The van der Waals surface area contributed by atoms with Gasteiger partial charge >= 0.3 is 5.97 Å². The van der Waals surface area contributed by atoms with E-state index in [1.165, 1.54) is 11.8 Å². The Hall–Kier alpha value is -1.80. The van der Waals surface area contributed by atoms with Gasteiger partial charge in [-0.15, -0.1) is 18.3 Å². The second-order valence-electron chi connectivity index (χ2n) is 6.88. The molecule has 2 aliphatic carbocycles. The topological polar surface area (TPSA) is 67.2 Å². The number of ether oxygens (including phenoxy) is 1. The normalized spacial score (nSPS) is 28.5. The molecule has 0 spiro atoms. The maximum Gasteiger partial charge on any atom is 0.310 e. The first-order valence-corrected chi connectivity index (χ1v) is 9.20. The van der Waals surface area contributed by atoms with Gasteiger partial charge in [0.1, 0.15) is 12.2 Å². The number of allylic oxidation sites excluding steroid dienone is 4. The number of hydrogen-bond acceptors (Lipinski definition) is 5. The van der Waals surface area contributed by atoms with Crippen molar-refractivity contribution in [1.82, 2.24) is 0 Å². The van der Waals surface area contributed by atoms with Crippen LogP contribution in [-0.2, 0) is 14.3 Å². The summed E-state index contributed by atoms with van der Waals surface area (Å²) in [6, 6.07) is 2.14. The SMILES string of the molecule is C=CCC1=C(C)[C@@H](OC(=O)C2[C@@H](/C=C(\C#N)SC)C2(C)C)CC1=O. The monoisotopic (exact) mass is 345 g/mol. The zero-order valence-electron chi connectivity index (χ0n) is 14.6. The van der Waals surface area contributed by atoms with E-state index in [2.05, 4.69) is 12.6 Å². The number of carbonyl (C=O) groups excluding carboxylic acids is 2. The molecule has 0 N–H and O–H groups in total. The predicted octanol–water partition coefficient (Wildman–Crippen LogP) is 3.81. The molecule has 2 aliphatic rings. The highest BCUT2D eigenvalue weighted by Gasteiger charge is 2.62. The number of nitriles is 1. The molecule has 0 aromatic carbocycles. The molecule has 128 valence electrons. The molecular weight excluding hydrogens is 322 g/mol. The third-order valence-electron chi connectivity index (χ3n) is 5.10. The van der Waals surface area contributed by atoms with Crippen molar-refractivity contribution in [2.24, 2.45) is 17.3 Å². The number of nitrogens with zero attached hydrogens (tertiary/aromatic N) is 1. The van der Waals surface area contributed by atoms with Gasteiger partial charge in [0.25, 0.3) is 0 Å². The lowest BCUT2D eigenvalue weighted by molar-refractivity contribution is -0.150. The molecule has 1 unspecified atom stereocenters. The molecule has 0 amide bonds. The summed E-state index contributed by atoms with van der Waals surface area (Å²) in [5.74, 6) is -0.511. The molecule has 0 aromatic heterocycles. The molecular formula is C19H23NO3S. The van der Waals surface area contributed by atoms with Crippen LogP contribution < -0.4 is 0 Å². The maximum absolute atomic E-state index is 12.6. The quantitative estimate of drug-likeness (QED) is 0.416. The average molecular weight is 345 g/mol. The first-order chi connectivity index (χ1) is 11.3. The van der Waals surface area contributed by atoms with E-state index in [1.54, 1.807) is 6.08 Å². The summed E-state index contributed by atoms with van der Waals surface area (Å²) >= 11 is 1.38. The van der Waals surface area contributed by atoms with Gasteiger partial charge in [-0.05, 0) is 36.5 Å². The number of rotatable bonds is 6. The number of ketones is 1. The lowest BCUT2D eigenvalue weighted by Crippen LogP contribution is -2.20. The Morgan fingerprint density at radius 3 is 2.75 bits per heavy atom. The summed E-state index contributed by atoms with van der Waals surface area (Å²) in [7, 11) is 0. The predicted molar refractivity (Wildman–Crippen MR) is 95.0 cm³/mol.